The van der Waals surface area contributed by atoms with Crippen molar-refractivity contribution in [2.75, 3.05) is 24.3 Å². The normalized spacial score (nSPS) is 10.2. The molecule has 0 aliphatic rings. The van der Waals surface area contributed by atoms with Gasteiger partial charge in [0.15, 0.2) is 0 Å². The molecule has 0 saturated carbocycles. The number of esters is 1. The van der Waals surface area contributed by atoms with E-state index in [0.29, 0.717) is 18.2 Å². The molecule has 0 spiro atoms. The van der Waals surface area contributed by atoms with Crippen molar-refractivity contribution in [1.29, 1.82) is 0 Å². The smallest absolute Gasteiger partial charge is 0.339 e. The Kier molecular flexibility index (Phi) is 6.30. The molecule has 3 aromatic rings. The first-order valence-electron chi connectivity index (χ1n) is 8.76. The number of nitrogens with one attached hydrogen (secondary N) is 2. The Balaban J connectivity index is 1.59. The van der Waals surface area contributed by atoms with Crippen LogP contribution in [0.15, 0.2) is 67.0 Å². The third-order valence-corrected chi connectivity index (χ3v) is 4.03. The van der Waals surface area contributed by atoms with Gasteiger partial charge >= 0.3 is 5.97 Å². The number of amides is 1. The van der Waals surface area contributed by atoms with Crippen molar-refractivity contribution in [2.45, 2.75) is 6.42 Å². The molecule has 0 saturated heterocycles. The number of hydrogen-bond donors (Lipinski definition) is 2. The van der Waals surface area contributed by atoms with Crippen LogP contribution < -0.4 is 10.6 Å². The summed E-state index contributed by atoms with van der Waals surface area (Å²) < 4.78 is 4.73. The van der Waals surface area contributed by atoms with Gasteiger partial charge in [-0.1, -0.05) is 42.5 Å². The second-order valence-electron chi connectivity index (χ2n) is 5.95. The highest BCUT2D eigenvalue weighted by molar-refractivity contribution is 6.07. The van der Waals surface area contributed by atoms with E-state index in [0.717, 1.165) is 6.42 Å². The molecule has 28 heavy (non-hydrogen) atoms. The molecule has 0 fully saturated rings. The predicted molar refractivity (Wildman–Crippen MR) is 106 cm³/mol. The lowest BCUT2D eigenvalue weighted by molar-refractivity contribution is 0.0602. The van der Waals surface area contributed by atoms with Gasteiger partial charge in [-0.15, -0.1) is 0 Å². The first-order valence-corrected chi connectivity index (χ1v) is 8.76. The van der Waals surface area contributed by atoms with Gasteiger partial charge in [0.25, 0.3) is 5.91 Å². The van der Waals surface area contributed by atoms with Crippen molar-refractivity contribution >= 4 is 23.5 Å². The van der Waals surface area contributed by atoms with Crippen LogP contribution in [0.3, 0.4) is 0 Å². The number of anilines is 2. The molecule has 0 aliphatic heterocycles. The molecule has 0 atom stereocenters. The summed E-state index contributed by atoms with van der Waals surface area (Å²) in [7, 11) is 1.29. The molecule has 0 aliphatic carbocycles. The highest BCUT2D eigenvalue weighted by Crippen LogP contribution is 2.17. The fourth-order valence-electron chi connectivity index (χ4n) is 2.57. The van der Waals surface area contributed by atoms with E-state index in [9.17, 15) is 9.59 Å². The molecular formula is C21H20N4O3. The van der Waals surface area contributed by atoms with E-state index in [2.05, 4.69) is 32.7 Å². The SMILES string of the molecule is COC(=O)c1ccccc1NC(=O)c1cnc(NCCc2ccccc2)nc1. The first kappa shape index (κ1) is 19.0. The third kappa shape index (κ3) is 4.91. The van der Waals surface area contributed by atoms with E-state index in [1.54, 1.807) is 24.3 Å². The molecule has 142 valence electrons. The van der Waals surface area contributed by atoms with Gasteiger partial charge in [0.2, 0.25) is 5.95 Å². The number of para-hydroxylation sites is 1. The topological polar surface area (TPSA) is 93.2 Å². The maximum absolute atomic E-state index is 12.4. The molecule has 0 unspecified atom stereocenters. The lowest BCUT2D eigenvalue weighted by atomic mass is 10.1. The minimum atomic E-state index is -0.523. The Hall–Kier alpha value is -3.74. The quantitative estimate of drug-likeness (QED) is 0.615. The number of ether oxygens (including phenoxy) is 1. The van der Waals surface area contributed by atoms with Crippen LogP contribution in [0.4, 0.5) is 11.6 Å². The van der Waals surface area contributed by atoms with Crippen LogP contribution in [0, 0.1) is 0 Å². The highest BCUT2D eigenvalue weighted by Gasteiger charge is 2.14. The molecule has 0 radical (unpaired) electrons. The minimum absolute atomic E-state index is 0.276. The molecule has 7 nitrogen and oxygen atoms in total. The number of carbonyl (C=O) groups is 2. The molecule has 7 heteroatoms. The van der Waals surface area contributed by atoms with Crippen molar-refractivity contribution < 1.29 is 14.3 Å². The minimum Gasteiger partial charge on any atom is -0.465 e. The monoisotopic (exact) mass is 376 g/mol. The Morgan fingerprint density at radius 3 is 2.36 bits per heavy atom. The second kappa shape index (κ2) is 9.27. The highest BCUT2D eigenvalue weighted by atomic mass is 16.5. The van der Waals surface area contributed by atoms with Crippen molar-refractivity contribution in [3.63, 3.8) is 0 Å². The van der Waals surface area contributed by atoms with E-state index < -0.39 is 11.9 Å². The summed E-state index contributed by atoms with van der Waals surface area (Å²) in [4.78, 5) is 32.6. The Labute approximate surface area is 162 Å². The number of methoxy groups -OCH3 is 1. The van der Waals surface area contributed by atoms with Gasteiger partial charge in [-0.25, -0.2) is 14.8 Å². The maximum Gasteiger partial charge on any atom is 0.339 e. The van der Waals surface area contributed by atoms with Gasteiger partial charge in [0.1, 0.15) is 0 Å². The Bertz CT molecular complexity index is 943. The van der Waals surface area contributed by atoms with Crippen molar-refractivity contribution in [3.05, 3.63) is 83.7 Å². The Morgan fingerprint density at radius 2 is 1.64 bits per heavy atom. The molecular weight excluding hydrogens is 356 g/mol. The zero-order valence-electron chi connectivity index (χ0n) is 15.4. The lowest BCUT2D eigenvalue weighted by Crippen LogP contribution is -2.16. The van der Waals surface area contributed by atoms with Crippen LogP contribution in [-0.4, -0.2) is 35.5 Å². The van der Waals surface area contributed by atoms with E-state index in [1.807, 2.05) is 18.2 Å². The van der Waals surface area contributed by atoms with Gasteiger partial charge in [-0.3, -0.25) is 4.79 Å². The van der Waals surface area contributed by atoms with Crippen LogP contribution in [0.2, 0.25) is 0 Å². The number of rotatable bonds is 7. The summed E-state index contributed by atoms with van der Waals surface area (Å²) in [6.07, 6.45) is 3.72. The summed E-state index contributed by atoms with van der Waals surface area (Å²) >= 11 is 0. The van der Waals surface area contributed by atoms with E-state index in [-0.39, 0.29) is 11.1 Å². The van der Waals surface area contributed by atoms with Crippen LogP contribution in [-0.2, 0) is 11.2 Å². The van der Waals surface area contributed by atoms with E-state index in [4.69, 9.17) is 4.74 Å². The number of aromatic nitrogens is 2. The molecule has 2 N–H and O–H groups in total. The predicted octanol–water partition coefficient (Wildman–Crippen LogP) is 3.17. The second-order valence-corrected chi connectivity index (χ2v) is 5.95. The third-order valence-electron chi connectivity index (χ3n) is 4.03. The molecule has 0 bridgehead atoms. The molecule has 1 amide bonds. The number of hydrogen-bond acceptors (Lipinski definition) is 6. The number of nitrogens with zero attached hydrogens (tertiary/aromatic N) is 2. The largest absolute Gasteiger partial charge is 0.465 e. The fourth-order valence-corrected chi connectivity index (χ4v) is 2.57. The number of carbonyl (C=O) groups excluding carboxylic acids is 2. The van der Waals surface area contributed by atoms with Gasteiger partial charge in [0.05, 0.1) is 23.9 Å². The average Bonchev–Trinajstić information content (AvgIpc) is 2.75. The van der Waals surface area contributed by atoms with Gasteiger partial charge in [-0.05, 0) is 24.1 Å². The fraction of sp³-hybridized carbons (Fsp3) is 0.143. The zero-order chi connectivity index (χ0) is 19.8. The Morgan fingerprint density at radius 1 is 0.964 bits per heavy atom. The van der Waals surface area contributed by atoms with E-state index >= 15 is 0 Å². The molecule has 1 heterocycles. The summed E-state index contributed by atoms with van der Waals surface area (Å²) in [5, 5.41) is 5.81. The molecule has 3 rings (SSSR count). The molecule has 2 aromatic carbocycles. The van der Waals surface area contributed by atoms with Gasteiger partial charge in [0, 0.05) is 18.9 Å². The average molecular weight is 376 g/mol. The summed E-state index contributed by atoms with van der Waals surface area (Å²) in [6.45, 7) is 0.683. The summed E-state index contributed by atoms with van der Waals surface area (Å²) in [5.41, 5.74) is 2.14. The van der Waals surface area contributed by atoms with Crippen LogP contribution in [0.5, 0.6) is 0 Å². The van der Waals surface area contributed by atoms with Crippen LogP contribution >= 0.6 is 0 Å². The summed E-state index contributed by atoms with van der Waals surface area (Å²) in [6, 6.07) is 16.7. The van der Waals surface area contributed by atoms with Crippen molar-refractivity contribution in [1.82, 2.24) is 9.97 Å². The van der Waals surface area contributed by atoms with Crippen molar-refractivity contribution in [2.24, 2.45) is 0 Å². The maximum atomic E-state index is 12.4. The zero-order valence-corrected chi connectivity index (χ0v) is 15.4. The van der Waals surface area contributed by atoms with Crippen molar-refractivity contribution in [3.8, 4) is 0 Å². The molecule has 1 aromatic heterocycles. The van der Waals surface area contributed by atoms with Gasteiger partial charge < -0.3 is 15.4 Å². The van der Waals surface area contributed by atoms with E-state index in [1.165, 1.54) is 25.1 Å². The van der Waals surface area contributed by atoms with Gasteiger partial charge in [-0.2, -0.15) is 0 Å². The first-order chi connectivity index (χ1) is 13.7. The van der Waals surface area contributed by atoms with Crippen LogP contribution in [0.1, 0.15) is 26.3 Å². The van der Waals surface area contributed by atoms with Crippen LogP contribution in [0.25, 0.3) is 0 Å². The standard InChI is InChI=1S/C21H20N4O3/c1-28-20(27)17-9-5-6-10-18(17)25-19(26)16-13-23-21(24-14-16)22-12-11-15-7-3-2-4-8-15/h2-10,13-14H,11-12H2,1H3,(H,25,26)(H,22,23,24). The lowest BCUT2D eigenvalue weighted by Gasteiger charge is -2.10. The number of benzene rings is 2. The summed E-state index contributed by atoms with van der Waals surface area (Å²) in [5.74, 6) is -0.486.